The van der Waals surface area contributed by atoms with Crippen molar-refractivity contribution >= 4 is 11.0 Å². The van der Waals surface area contributed by atoms with Gasteiger partial charge >= 0.3 is 0 Å². The summed E-state index contributed by atoms with van der Waals surface area (Å²) < 4.78 is 26.9. The van der Waals surface area contributed by atoms with Crippen molar-refractivity contribution in [3.05, 3.63) is 65.5 Å². The van der Waals surface area contributed by atoms with E-state index in [1.165, 1.54) is 6.07 Å². The normalized spacial score (nSPS) is 14.4. The fourth-order valence-electron chi connectivity index (χ4n) is 2.18. The maximum absolute atomic E-state index is 13.7. The molecule has 1 aromatic heterocycles. The van der Waals surface area contributed by atoms with Gasteiger partial charge < -0.3 is 10.7 Å². The molecule has 3 N–H and O–H groups in total. The Morgan fingerprint density at radius 2 is 1.80 bits per heavy atom. The van der Waals surface area contributed by atoms with Crippen molar-refractivity contribution < 1.29 is 8.78 Å². The topological polar surface area (TPSA) is 54.7 Å². The molecule has 0 amide bonds. The molecule has 1 atom stereocenters. The Labute approximate surface area is 114 Å². The monoisotopic (exact) mass is 273 g/mol. The minimum Gasteiger partial charge on any atom is -0.340 e. The minimum absolute atomic E-state index is 0.0346. The first-order valence-electron chi connectivity index (χ1n) is 6.19. The molecule has 3 rings (SSSR count). The molecule has 1 unspecified atom stereocenters. The Kier molecular flexibility index (Phi) is 2.79. The van der Waals surface area contributed by atoms with Gasteiger partial charge in [-0.05, 0) is 24.6 Å². The zero-order valence-electron chi connectivity index (χ0n) is 10.8. The molecule has 20 heavy (non-hydrogen) atoms. The third-order valence-corrected chi connectivity index (χ3v) is 3.41. The maximum atomic E-state index is 13.7. The first-order valence-corrected chi connectivity index (χ1v) is 6.19. The number of benzene rings is 2. The highest BCUT2D eigenvalue weighted by Gasteiger charge is 2.28. The number of nitrogens with two attached hydrogens (primary N) is 1. The van der Waals surface area contributed by atoms with E-state index >= 15 is 0 Å². The molecule has 2 aromatic carbocycles. The zero-order valence-corrected chi connectivity index (χ0v) is 10.8. The van der Waals surface area contributed by atoms with Crippen molar-refractivity contribution in [2.75, 3.05) is 0 Å². The van der Waals surface area contributed by atoms with Crippen LogP contribution in [0.15, 0.2) is 42.5 Å². The number of nitrogens with zero attached hydrogens (tertiary/aromatic N) is 1. The van der Waals surface area contributed by atoms with Gasteiger partial charge in [0.1, 0.15) is 11.3 Å². The van der Waals surface area contributed by atoms with Crippen LogP contribution in [-0.2, 0) is 5.54 Å². The lowest BCUT2D eigenvalue weighted by atomic mass is 9.92. The maximum Gasteiger partial charge on any atom is 0.186 e. The molecule has 0 saturated carbocycles. The van der Waals surface area contributed by atoms with Crippen LogP contribution < -0.4 is 5.73 Å². The fourth-order valence-corrected chi connectivity index (χ4v) is 2.18. The second kappa shape index (κ2) is 4.38. The first kappa shape index (κ1) is 12.7. The third-order valence-electron chi connectivity index (χ3n) is 3.41. The van der Waals surface area contributed by atoms with Crippen molar-refractivity contribution in [1.82, 2.24) is 9.97 Å². The Morgan fingerprint density at radius 3 is 2.50 bits per heavy atom. The molecular formula is C15H13F2N3. The molecule has 102 valence electrons. The predicted octanol–water partition coefficient (Wildman–Crippen LogP) is 3.06. The van der Waals surface area contributed by atoms with Gasteiger partial charge in [-0.1, -0.05) is 30.3 Å². The number of aromatic amines is 1. The Bertz CT molecular complexity index is 763. The van der Waals surface area contributed by atoms with Crippen molar-refractivity contribution in [3.8, 4) is 0 Å². The fraction of sp³-hybridized carbons (Fsp3) is 0.133. The molecule has 0 bridgehead atoms. The van der Waals surface area contributed by atoms with E-state index in [0.717, 1.165) is 11.6 Å². The number of fused-ring (bicyclic) bond motifs is 1. The SMILES string of the molecule is CC(N)(c1ccccc1)c1nc2c(F)c(F)ccc2[nH]1. The van der Waals surface area contributed by atoms with Crippen LogP contribution in [0.4, 0.5) is 8.78 Å². The molecule has 5 heteroatoms. The van der Waals surface area contributed by atoms with E-state index in [9.17, 15) is 8.78 Å². The van der Waals surface area contributed by atoms with Gasteiger partial charge in [-0.25, -0.2) is 13.8 Å². The molecule has 0 fully saturated rings. The van der Waals surface area contributed by atoms with Gasteiger partial charge in [-0.15, -0.1) is 0 Å². The van der Waals surface area contributed by atoms with Gasteiger partial charge in [0.25, 0.3) is 0 Å². The Balaban J connectivity index is 2.17. The second-order valence-corrected chi connectivity index (χ2v) is 4.91. The summed E-state index contributed by atoms with van der Waals surface area (Å²) in [6, 6.07) is 11.9. The molecule has 0 spiro atoms. The smallest absolute Gasteiger partial charge is 0.186 e. The second-order valence-electron chi connectivity index (χ2n) is 4.91. The van der Waals surface area contributed by atoms with Gasteiger partial charge in [0.15, 0.2) is 11.6 Å². The molecule has 0 aliphatic carbocycles. The summed E-state index contributed by atoms with van der Waals surface area (Å²) in [6.45, 7) is 1.77. The highest BCUT2D eigenvalue weighted by atomic mass is 19.2. The number of hydrogen-bond acceptors (Lipinski definition) is 2. The van der Waals surface area contributed by atoms with Crippen molar-refractivity contribution in [2.24, 2.45) is 5.73 Å². The van der Waals surface area contributed by atoms with Crippen molar-refractivity contribution in [2.45, 2.75) is 12.5 Å². The van der Waals surface area contributed by atoms with E-state index in [0.29, 0.717) is 11.3 Å². The lowest BCUT2D eigenvalue weighted by Crippen LogP contribution is -2.35. The van der Waals surface area contributed by atoms with E-state index < -0.39 is 17.2 Å². The van der Waals surface area contributed by atoms with Crippen LogP contribution in [0.3, 0.4) is 0 Å². The highest BCUT2D eigenvalue weighted by Crippen LogP contribution is 2.27. The van der Waals surface area contributed by atoms with Gasteiger partial charge in [0.05, 0.1) is 11.1 Å². The number of nitrogens with one attached hydrogen (secondary N) is 1. The summed E-state index contributed by atoms with van der Waals surface area (Å²) in [5.41, 5.74) is 6.61. The number of rotatable bonds is 2. The summed E-state index contributed by atoms with van der Waals surface area (Å²) in [5.74, 6) is -1.49. The first-order chi connectivity index (χ1) is 9.50. The Hall–Kier alpha value is -2.27. The molecule has 3 aromatic rings. The Morgan fingerprint density at radius 1 is 1.10 bits per heavy atom. The quantitative estimate of drug-likeness (QED) is 0.754. The summed E-state index contributed by atoms with van der Waals surface area (Å²) in [7, 11) is 0. The largest absolute Gasteiger partial charge is 0.340 e. The van der Waals surface area contributed by atoms with E-state index in [1.54, 1.807) is 6.92 Å². The zero-order chi connectivity index (χ0) is 14.3. The molecular weight excluding hydrogens is 260 g/mol. The van der Waals surface area contributed by atoms with Gasteiger partial charge in [-0.2, -0.15) is 0 Å². The lowest BCUT2D eigenvalue weighted by Gasteiger charge is -2.22. The average molecular weight is 273 g/mol. The van der Waals surface area contributed by atoms with E-state index in [4.69, 9.17) is 5.73 Å². The van der Waals surface area contributed by atoms with Crippen LogP contribution in [-0.4, -0.2) is 9.97 Å². The van der Waals surface area contributed by atoms with E-state index in [-0.39, 0.29) is 5.52 Å². The molecule has 0 aliphatic rings. The minimum atomic E-state index is -0.964. The van der Waals surface area contributed by atoms with Crippen LogP contribution in [0.25, 0.3) is 11.0 Å². The van der Waals surface area contributed by atoms with Gasteiger partial charge in [0, 0.05) is 0 Å². The summed E-state index contributed by atoms with van der Waals surface area (Å²) in [4.78, 5) is 7.09. The number of aromatic nitrogens is 2. The molecule has 0 radical (unpaired) electrons. The van der Waals surface area contributed by atoms with Crippen molar-refractivity contribution in [1.29, 1.82) is 0 Å². The summed E-state index contributed by atoms with van der Waals surface area (Å²) in [6.07, 6.45) is 0. The highest BCUT2D eigenvalue weighted by molar-refractivity contribution is 5.76. The summed E-state index contributed by atoms with van der Waals surface area (Å²) in [5, 5.41) is 0. The van der Waals surface area contributed by atoms with Crippen LogP contribution in [0, 0.1) is 11.6 Å². The standard InChI is InChI=1S/C15H13F2N3/c1-15(18,9-5-3-2-4-6-9)14-19-11-8-7-10(16)12(17)13(11)20-14/h2-8H,18H2,1H3,(H,19,20). The average Bonchev–Trinajstić information content (AvgIpc) is 2.90. The van der Waals surface area contributed by atoms with Crippen LogP contribution in [0.2, 0.25) is 0 Å². The van der Waals surface area contributed by atoms with Crippen LogP contribution in [0.5, 0.6) is 0 Å². The molecule has 0 saturated heterocycles. The van der Waals surface area contributed by atoms with E-state index in [1.807, 2.05) is 30.3 Å². The number of hydrogen-bond donors (Lipinski definition) is 2. The molecule has 1 heterocycles. The van der Waals surface area contributed by atoms with Crippen molar-refractivity contribution in [3.63, 3.8) is 0 Å². The number of imidazole rings is 1. The molecule has 3 nitrogen and oxygen atoms in total. The third kappa shape index (κ3) is 1.87. The van der Waals surface area contributed by atoms with E-state index in [2.05, 4.69) is 9.97 Å². The van der Waals surface area contributed by atoms with Crippen LogP contribution in [0.1, 0.15) is 18.3 Å². The lowest BCUT2D eigenvalue weighted by molar-refractivity contribution is 0.514. The molecule has 0 aliphatic heterocycles. The van der Waals surface area contributed by atoms with Gasteiger partial charge in [0.2, 0.25) is 0 Å². The number of halogens is 2. The summed E-state index contributed by atoms with van der Waals surface area (Å²) >= 11 is 0. The van der Waals surface area contributed by atoms with Crippen LogP contribution >= 0.6 is 0 Å². The van der Waals surface area contributed by atoms with Gasteiger partial charge in [-0.3, -0.25) is 0 Å². The predicted molar refractivity (Wildman–Crippen MR) is 73.1 cm³/mol. The number of H-pyrrole nitrogens is 1.